The highest BCUT2D eigenvalue weighted by atomic mass is 16.5. The summed E-state index contributed by atoms with van der Waals surface area (Å²) in [6.45, 7) is 0. The Morgan fingerprint density at radius 3 is 2.38 bits per heavy atom. The maximum Gasteiger partial charge on any atom is 0.165 e. The standard InChI is InChI=1S/C20H17NO5/c1-25-17-7-10(3-5-14(17)22)19-11-8-18(26-2)16(24)9-13(11)21-12-4-6-15(23)20(12)19/h3,5,7-9,22,24H,4,6H2,1-2H3. The first-order valence-electron chi connectivity index (χ1n) is 8.17. The van der Waals surface area contributed by atoms with Crippen LogP contribution in [0.2, 0.25) is 0 Å². The van der Waals surface area contributed by atoms with Crippen LogP contribution in [0.4, 0.5) is 0 Å². The van der Waals surface area contributed by atoms with E-state index >= 15 is 0 Å². The number of hydrogen-bond acceptors (Lipinski definition) is 6. The highest BCUT2D eigenvalue weighted by Gasteiger charge is 2.28. The number of aryl methyl sites for hydroxylation is 1. The second-order valence-electron chi connectivity index (χ2n) is 6.16. The number of Topliss-reactive ketones (excluding diaryl/α,β-unsaturated/α-hetero) is 1. The molecule has 2 N–H and O–H groups in total. The average Bonchev–Trinajstić information content (AvgIpc) is 3.00. The lowest BCUT2D eigenvalue weighted by Gasteiger charge is -2.15. The number of benzene rings is 2. The Kier molecular flexibility index (Phi) is 3.68. The molecule has 0 saturated heterocycles. The van der Waals surface area contributed by atoms with Gasteiger partial charge in [0.15, 0.2) is 28.8 Å². The van der Waals surface area contributed by atoms with E-state index in [1.807, 2.05) is 0 Å². The number of carbonyl (C=O) groups is 1. The number of aromatic nitrogens is 1. The Morgan fingerprint density at radius 1 is 0.923 bits per heavy atom. The van der Waals surface area contributed by atoms with E-state index in [1.54, 1.807) is 24.3 Å². The first-order valence-corrected chi connectivity index (χ1v) is 8.17. The number of methoxy groups -OCH3 is 2. The largest absolute Gasteiger partial charge is 0.504 e. The minimum atomic E-state index is -0.00832. The molecule has 1 heterocycles. The number of ketones is 1. The van der Waals surface area contributed by atoms with Crippen molar-refractivity contribution in [1.29, 1.82) is 0 Å². The van der Waals surface area contributed by atoms with Crippen molar-refractivity contribution >= 4 is 16.7 Å². The summed E-state index contributed by atoms with van der Waals surface area (Å²) in [7, 11) is 2.94. The predicted molar refractivity (Wildman–Crippen MR) is 96.3 cm³/mol. The van der Waals surface area contributed by atoms with Crippen LogP contribution in [0.25, 0.3) is 22.0 Å². The lowest BCUT2D eigenvalue weighted by Crippen LogP contribution is -2.00. The topological polar surface area (TPSA) is 88.9 Å². The number of pyridine rings is 1. The van der Waals surface area contributed by atoms with Gasteiger partial charge in [-0.05, 0) is 30.2 Å². The third kappa shape index (κ3) is 2.34. The van der Waals surface area contributed by atoms with Gasteiger partial charge in [0, 0.05) is 29.0 Å². The predicted octanol–water partition coefficient (Wildman–Crippen LogP) is 3.46. The molecule has 1 aromatic heterocycles. The zero-order valence-electron chi connectivity index (χ0n) is 14.4. The normalized spacial score (nSPS) is 13.1. The summed E-state index contributed by atoms with van der Waals surface area (Å²) in [6.07, 6.45) is 0.975. The van der Waals surface area contributed by atoms with Crippen LogP contribution in [0.15, 0.2) is 30.3 Å². The van der Waals surface area contributed by atoms with Crippen molar-refractivity contribution < 1.29 is 24.5 Å². The molecule has 0 fully saturated rings. The molecule has 26 heavy (non-hydrogen) atoms. The summed E-state index contributed by atoms with van der Waals surface area (Å²) in [5.41, 5.74) is 3.32. The van der Waals surface area contributed by atoms with E-state index in [1.165, 1.54) is 20.3 Å². The number of rotatable bonds is 3. The molecule has 3 aromatic rings. The zero-order chi connectivity index (χ0) is 18.4. The van der Waals surface area contributed by atoms with Crippen LogP contribution in [-0.4, -0.2) is 35.2 Å². The first-order chi connectivity index (χ1) is 12.5. The quantitative estimate of drug-likeness (QED) is 0.751. The summed E-state index contributed by atoms with van der Waals surface area (Å²) in [5.74, 6) is 0.663. The van der Waals surface area contributed by atoms with Gasteiger partial charge in [-0.25, -0.2) is 0 Å². The van der Waals surface area contributed by atoms with Crippen LogP contribution in [0.5, 0.6) is 23.0 Å². The molecular weight excluding hydrogens is 334 g/mol. The van der Waals surface area contributed by atoms with Crippen molar-refractivity contribution in [3.8, 4) is 34.1 Å². The monoisotopic (exact) mass is 351 g/mol. The molecule has 2 aromatic carbocycles. The second-order valence-corrected chi connectivity index (χ2v) is 6.16. The van der Waals surface area contributed by atoms with Gasteiger partial charge in [0.05, 0.1) is 25.4 Å². The molecule has 0 saturated carbocycles. The van der Waals surface area contributed by atoms with E-state index in [0.29, 0.717) is 52.1 Å². The molecule has 0 atom stereocenters. The number of ether oxygens (including phenoxy) is 2. The summed E-state index contributed by atoms with van der Waals surface area (Å²) in [4.78, 5) is 17.1. The van der Waals surface area contributed by atoms with Gasteiger partial charge in [-0.2, -0.15) is 0 Å². The van der Waals surface area contributed by atoms with E-state index in [0.717, 1.165) is 5.56 Å². The second kappa shape index (κ2) is 5.91. The molecule has 6 heteroatoms. The molecule has 6 nitrogen and oxygen atoms in total. The van der Waals surface area contributed by atoms with Gasteiger partial charge < -0.3 is 19.7 Å². The number of carbonyl (C=O) groups excluding carboxylic acids is 1. The van der Waals surface area contributed by atoms with Gasteiger partial charge in [-0.3, -0.25) is 9.78 Å². The third-order valence-electron chi connectivity index (χ3n) is 4.70. The SMILES string of the molecule is COc1cc(-c2c3c(nc4cc(O)c(OC)cc24)CCC3=O)ccc1O. The summed E-state index contributed by atoms with van der Waals surface area (Å²) >= 11 is 0. The molecule has 0 aliphatic heterocycles. The van der Waals surface area contributed by atoms with Crippen LogP contribution in [0.1, 0.15) is 22.5 Å². The first kappa shape index (κ1) is 16.2. The fraction of sp³-hybridized carbons (Fsp3) is 0.200. The van der Waals surface area contributed by atoms with Crippen molar-refractivity contribution in [3.05, 3.63) is 41.6 Å². The molecule has 0 unspecified atom stereocenters. The van der Waals surface area contributed by atoms with E-state index in [-0.39, 0.29) is 17.3 Å². The number of phenols is 2. The van der Waals surface area contributed by atoms with Crippen molar-refractivity contribution in [1.82, 2.24) is 4.98 Å². The van der Waals surface area contributed by atoms with Crippen molar-refractivity contribution in [2.24, 2.45) is 0 Å². The minimum absolute atomic E-state index is 0.00832. The van der Waals surface area contributed by atoms with Gasteiger partial charge in [-0.15, -0.1) is 0 Å². The minimum Gasteiger partial charge on any atom is -0.504 e. The average molecular weight is 351 g/mol. The lowest BCUT2D eigenvalue weighted by atomic mass is 9.94. The fourth-order valence-electron chi connectivity index (χ4n) is 3.47. The Hall–Kier alpha value is -3.28. The zero-order valence-corrected chi connectivity index (χ0v) is 14.4. The van der Waals surface area contributed by atoms with Gasteiger partial charge in [0.2, 0.25) is 0 Å². The van der Waals surface area contributed by atoms with Crippen LogP contribution >= 0.6 is 0 Å². The summed E-state index contributed by atoms with van der Waals surface area (Å²) in [5, 5.41) is 20.7. The smallest absolute Gasteiger partial charge is 0.165 e. The van der Waals surface area contributed by atoms with Crippen molar-refractivity contribution in [2.75, 3.05) is 14.2 Å². The summed E-state index contributed by atoms with van der Waals surface area (Å²) < 4.78 is 10.4. The molecule has 0 radical (unpaired) electrons. The Bertz CT molecular complexity index is 1060. The summed E-state index contributed by atoms with van der Waals surface area (Å²) in [6, 6.07) is 8.17. The van der Waals surface area contributed by atoms with Gasteiger partial charge >= 0.3 is 0 Å². The van der Waals surface area contributed by atoms with E-state index < -0.39 is 0 Å². The van der Waals surface area contributed by atoms with E-state index in [4.69, 9.17) is 9.47 Å². The van der Waals surface area contributed by atoms with Crippen molar-refractivity contribution in [2.45, 2.75) is 12.8 Å². The maximum atomic E-state index is 12.5. The molecule has 0 spiro atoms. The van der Waals surface area contributed by atoms with Gasteiger partial charge in [-0.1, -0.05) is 6.07 Å². The maximum absolute atomic E-state index is 12.5. The highest BCUT2D eigenvalue weighted by Crippen LogP contribution is 2.42. The number of nitrogens with zero attached hydrogens (tertiary/aromatic N) is 1. The molecular formula is C20H17NO5. The number of hydrogen-bond donors (Lipinski definition) is 2. The van der Waals surface area contributed by atoms with E-state index in [9.17, 15) is 15.0 Å². The Balaban J connectivity index is 2.12. The van der Waals surface area contributed by atoms with E-state index in [2.05, 4.69) is 4.98 Å². The Morgan fingerprint density at radius 2 is 1.65 bits per heavy atom. The highest BCUT2D eigenvalue weighted by molar-refractivity contribution is 6.12. The number of fused-ring (bicyclic) bond motifs is 2. The molecule has 132 valence electrons. The van der Waals surface area contributed by atoms with Gasteiger partial charge in [0.1, 0.15) is 0 Å². The van der Waals surface area contributed by atoms with Crippen LogP contribution in [0.3, 0.4) is 0 Å². The molecule has 1 aliphatic carbocycles. The molecule has 0 bridgehead atoms. The lowest BCUT2D eigenvalue weighted by molar-refractivity contribution is 0.0995. The van der Waals surface area contributed by atoms with Crippen LogP contribution in [-0.2, 0) is 6.42 Å². The van der Waals surface area contributed by atoms with Gasteiger partial charge in [0.25, 0.3) is 0 Å². The third-order valence-corrected chi connectivity index (χ3v) is 4.70. The molecule has 4 rings (SSSR count). The van der Waals surface area contributed by atoms with Crippen LogP contribution < -0.4 is 9.47 Å². The number of phenolic OH excluding ortho intramolecular Hbond substituents is 2. The van der Waals surface area contributed by atoms with Crippen LogP contribution in [0, 0.1) is 0 Å². The number of aromatic hydroxyl groups is 2. The fourth-order valence-corrected chi connectivity index (χ4v) is 3.47. The molecule has 1 aliphatic rings. The molecule has 0 amide bonds. The van der Waals surface area contributed by atoms with Crippen molar-refractivity contribution in [3.63, 3.8) is 0 Å². The Labute approximate surface area is 149 Å².